The lowest BCUT2D eigenvalue weighted by Crippen LogP contribution is -2.64. The number of fused-ring (bicyclic) bond motifs is 3. The summed E-state index contributed by atoms with van der Waals surface area (Å²) < 4.78 is 2.03. The highest BCUT2D eigenvalue weighted by Crippen LogP contribution is 2.27. The van der Waals surface area contributed by atoms with Gasteiger partial charge in [0.25, 0.3) is 0 Å². The summed E-state index contributed by atoms with van der Waals surface area (Å²) in [5.41, 5.74) is 1.35. The molecule has 1 N–H and O–H groups in total. The van der Waals surface area contributed by atoms with Gasteiger partial charge in [0.15, 0.2) is 0 Å². The van der Waals surface area contributed by atoms with Crippen LogP contribution in [-0.2, 0) is 6.54 Å². The molecule has 3 aliphatic rings. The molecule has 0 radical (unpaired) electrons. The second-order valence-corrected chi connectivity index (χ2v) is 5.97. The average Bonchev–Trinajstić information content (AvgIpc) is 2.98. The van der Waals surface area contributed by atoms with Gasteiger partial charge in [-0.2, -0.15) is 5.10 Å². The number of rotatable bonds is 6. The number of hydrogen-bond acceptors (Lipinski definition) is 4. The third kappa shape index (κ3) is 2.75. The quantitative estimate of drug-likeness (QED) is 0.840. The number of piperazine rings is 3. The molecule has 0 spiro atoms. The lowest BCUT2D eigenvalue weighted by molar-refractivity contribution is -0.00365. The van der Waals surface area contributed by atoms with Crippen LogP contribution >= 0.6 is 0 Å². The van der Waals surface area contributed by atoms with Gasteiger partial charge in [-0.3, -0.25) is 14.5 Å². The van der Waals surface area contributed by atoms with Gasteiger partial charge >= 0.3 is 0 Å². The first-order valence-electron chi connectivity index (χ1n) is 8.04. The first kappa shape index (κ1) is 14.0. The fourth-order valence-electron chi connectivity index (χ4n) is 3.46. The predicted octanol–water partition coefficient (Wildman–Crippen LogP) is 0.944. The van der Waals surface area contributed by atoms with Crippen molar-refractivity contribution in [3.05, 3.63) is 18.0 Å². The van der Waals surface area contributed by atoms with Gasteiger partial charge in [0.1, 0.15) is 0 Å². The van der Waals surface area contributed by atoms with Crippen LogP contribution in [0.1, 0.15) is 31.9 Å². The van der Waals surface area contributed by atoms with E-state index in [-0.39, 0.29) is 0 Å². The van der Waals surface area contributed by atoms with Crippen LogP contribution in [0.15, 0.2) is 12.4 Å². The van der Waals surface area contributed by atoms with Crippen molar-refractivity contribution in [2.24, 2.45) is 0 Å². The summed E-state index contributed by atoms with van der Waals surface area (Å²) in [5, 5.41) is 8.22. The van der Waals surface area contributed by atoms with E-state index in [4.69, 9.17) is 0 Å². The molecule has 0 amide bonds. The van der Waals surface area contributed by atoms with E-state index in [1.54, 1.807) is 0 Å². The summed E-state index contributed by atoms with van der Waals surface area (Å²) >= 11 is 0. The van der Waals surface area contributed by atoms with Crippen LogP contribution in [0.4, 0.5) is 0 Å². The van der Waals surface area contributed by atoms with Crippen LogP contribution in [0.3, 0.4) is 0 Å². The Morgan fingerprint density at radius 3 is 2.65 bits per heavy atom. The highest BCUT2D eigenvalue weighted by atomic mass is 15.4. The Labute approximate surface area is 121 Å². The maximum absolute atomic E-state index is 4.47. The largest absolute Gasteiger partial charge is 0.308 e. The van der Waals surface area contributed by atoms with Crippen molar-refractivity contribution < 1.29 is 0 Å². The molecule has 1 aromatic rings. The van der Waals surface area contributed by atoms with Crippen LogP contribution in [-0.4, -0.2) is 64.9 Å². The SMILES string of the molecule is CCCNC(c1cnn(CC)c1)C1CN2CCN1CC2. The minimum atomic E-state index is 0.415. The van der Waals surface area contributed by atoms with Gasteiger partial charge in [0, 0.05) is 57.1 Å². The Bertz CT molecular complexity index is 422. The van der Waals surface area contributed by atoms with Crippen LogP contribution in [0, 0.1) is 0 Å². The minimum Gasteiger partial charge on any atom is -0.308 e. The summed E-state index contributed by atoms with van der Waals surface area (Å²) in [4.78, 5) is 5.27. The Morgan fingerprint density at radius 1 is 1.30 bits per heavy atom. The van der Waals surface area contributed by atoms with E-state index in [9.17, 15) is 0 Å². The van der Waals surface area contributed by atoms with Gasteiger partial charge in [-0.25, -0.2) is 0 Å². The van der Waals surface area contributed by atoms with Crippen LogP contribution in [0.5, 0.6) is 0 Å². The molecule has 5 heteroatoms. The molecule has 4 heterocycles. The second-order valence-electron chi connectivity index (χ2n) is 5.97. The smallest absolute Gasteiger partial charge is 0.0538 e. The van der Waals surface area contributed by atoms with E-state index >= 15 is 0 Å². The maximum atomic E-state index is 4.47. The summed E-state index contributed by atoms with van der Waals surface area (Å²) in [6, 6.07) is 1.01. The molecule has 112 valence electrons. The molecule has 3 aliphatic heterocycles. The summed E-state index contributed by atoms with van der Waals surface area (Å²) in [7, 11) is 0. The number of aryl methyl sites for hydroxylation is 1. The molecular weight excluding hydrogens is 250 g/mol. The Kier molecular flexibility index (Phi) is 4.38. The van der Waals surface area contributed by atoms with E-state index < -0.39 is 0 Å². The second kappa shape index (κ2) is 6.24. The molecule has 2 atom stereocenters. The fraction of sp³-hybridized carbons (Fsp3) is 0.800. The predicted molar refractivity (Wildman–Crippen MR) is 80.7 cm³/mol. The van der Waals surface area contributed by atoms with Crippen LogP contribution in [0.25, 0.3) is 0 Å². The van der Waals surface area contributed by atoms with E-state index in [0.717, 1.165) is 13.1 Å². The summed E-state index contributed by atoms with van der Waals surface area (Å²) in [6.45, 7) is 12.5. The molecule has 0 aliphatic carbocycles. The summed E-state index contributed by atoms with van der Waals surface area (Å²) in [5.74, 6) is 0. The standard InChI is InChI=1S/C15H27N5/c1-3-5-16-15(13-10-17-20(4-2)11-13)14-12-18-6-8-19(14)9-7-18/h10-11,14-16H,3-9,12H2,1-2H3. The Balaban J connectivity index is 1.78. The van der Waals surface area contributed by atoms with Gasteiger partial charge in [0.2, 0.25) is 0 Å². The van der Waals surface area contributed by atoms with Gasteiger partial charge in [-0.15, -0.1) is 0 Å². The zero-order chi connectivity index (χ0) is 13.9. The Morgan fingerprint density at radius 2 is 2.10 bits per heavy atom. The number of hydrogen-bond donors (Lipinski definition) is 1. The molecule has 4 rings (SSSR count). The molecular formula is C15H27N5. The van der Waals surface area contributed by atoms with Crippen LogP contribution in [0.2, 0.25) is 0 Å². The lowest BCUT2D eigenvalue weighted by Gasteiger charge is -2.50. The monoisotopic (exact) mass is 277 g/mol. The van der Waals surface area contributed by atoms with Crippen molar-refractivity contribution >= 4 is 0 Å². The van der Waals surface area contributed by atoms with Crippen molar-refractivity contribution in [1.82, 2.24) is 24.9 Å². The zero-order valence-electron chi connectivity index (χ0n) is 12.8. The highest BCUT2D eigenvalue weighted by Gasteiger charge is 2.37. The van der Waals surface area contributed by atoms with Gasteiger partial charge in [0.05, 0.1) is 12.2 Å². The van der Waals surface area contributed by atoms with E-state index in [1.165, 1.54) is 44.7 Å². The molecule has 5 nitrogen and oxygen atoms in total. The first-order chi connectivity index (χ1) is 9.81. The molecule has 2 unspecified atom stereocenters. The lowest BCUT2D eigenvalue weighted by atomic mass is 9.96. The maximum Gasteiger partial charge on any atom is 0.0538 e. The Hall–Kier alpha value is -0.910. The third-order valence-electron chi connectivity index (χ3n) is 4.66. The highest BCUT2D eigenvalue weighted by molar-refractivity contribution is 5.15. The summed E-state index contributed by atoms with van der Waals surface area (Å²) in [6.07, 6.45) is 5.44. The molecule has 20 heavy (non-hydrogen) atoms. The van der Waals surface area contributed by atoms with Gasteiger partial charge in [-0.05, 0) is 19.9 Å². The molecule has 3 saturated heterocycles. The van der Waals surface area contributed by atoms with E-state index in [1.807, 2.05) is 4.68 Å². The molecule has 0 saturated carbocycles. The van der Waals surface area contributed by atoms with Crippen molar-refractivity contribution in [2.75, 3.05) is 39.3 Å². The molecule has 3 fully saturated rings. The van der Waals surface area contributed by atoms with Crippen molar-refractivity contribution in [3.63, 3.8) is 0 Å². The van der Waals surface area contributed by atoms with Crippen LogP contribution < -0.4 is 5.32 Å². The van der Waals surface area contributed by atoms with Crippen molar-refractivity contribution in [3.8, 4) is 0 Å². The molecule has 2 bridgehead atoms. The van der Waals surface area contributed by atoms with Crippen molar-refractivity contribution in [2.45, 2.75) is 38.9 Å². The van der Waals surface area contributed by atoms with E-state index in [2.05, 4.69) is 46.5 Å². The average molecular weight is 277 g/mol. The number of nitrogens with zero attached hydrogens (tertiary/aromatic N) is 4. The number of nitrogens with one attached hydrogen (secondary N) is 1. The molecule has 1 aromatic heterocycles. The van der Waals surface area contributed by atoms with Gasteiger partial charge < -0.3 is 5.32 Å². The minimum absolute atomic E-state index is 0.415. The first-order valence-corrected chi connectivity index (χ1v) is 8.04. The normalized spacial score (nSPS) is 30.6. The zero-order valence-corrected chi connectivity index (χ0v) is 12.8. The van der Waals surface area contributed by atoms with Gasteiger partial charge in [-0.1, -0.05) is 6.92 Å². The number of aromatic nitrogens is 2. The fourth-order valence-corrected chi connectivity index (χ4v) is 3.46. The van der Waals surface area contributed by atoms with Crippen molar-refractivity contribution in [1.29, 1.82) is 0 Å². The topological polar surface area (TPSA) is 36.3 Å². The third-order valence-corrected chi connectivity index (χ3v) is 4.66. The molecule has 0 aromatic carbocycles. The van der Waals surface area contributed by atoms with E-state index in [0.29, 0.717) is 12.1 Å².